The van der Waals surface area contributed by atoms with Crippen molar-refractivity contribution in [1.82, 2.24) is 14.5 Å². The minimum atomic E-state index is -0.855. The van der Waals surface area contributed by atoms with Crippen LogP contribution < -0.4 is 10.5 Å². The Kier molecular flexibility index (Phi) is 5.45. The molecule has 1 unspecified atom stereocenters. The van der Waals surface area contributed by atoms with E-state index in [4.69, 9.17) is 9.84 Å². The molecule has 156 valence electrons. The normalized spacial score (nSPS) is 21.4. The predicted molar refractivity (Wildman–Crippen MR) is 108 cm³/mol. The highest BCUT2D eigenvalue weighted by molar-refractivity contribution is 5.73. The van der Waals surface area contributed by atoms with E-state index in [9.17, 15) is 14.0 Å². The Morgan fingerprint density at radius 1 is 1.40 bits per heavy atom. The number of aromatic nitrogens is 3. The van der Waals surface area contributed by atoms with Gasteiger partial charge in [-0.2, -0.15) is 0 Å². The van der Waals surface area contributed by atoms with Gasteiger partial charge in [-0.3, -0.25) is 19.1 Å². The number of carbonyl (C=O) groups is 1. The van der Waals surface area contributed by atoms with Crippen LogP contribution in [0.4, 0.5) is 10.3 Å². The van der Waals surface area contributed by atoms with Crippen LogP contribution in [0.5, 0.6) is 0 Å². The second kappa shape index (κ2) is 8.19. The highest BCUT2D eigenvalue weighted by Gasteiger charge is 2.28. The molecule has 2 aliphatic rings. The van der Waals surface area contributed by atoms with Gasteiger partial charge < -0.3 is 14.7 Å². The van der Waals surface area contributed by atoms with Crippen molar-refractivity contribution >= 4 is 11.9 Å². The van der Waals surface area contributed by atoms with Crippen molar-refractivity contribution < 1.29 is 19.0 Å². The van der Waals surface area contributed by atoms with Crippen molar-refractivity contribution in [2.24, 2.45) is 13.0 Å². The number of carboxylic acids is 1. The maximum Gasteiger partial charge on any atom is 0.310 e. The molecule has 0 aromatic carbocycles. The molecule has 2 aromatic rings. The minimum Gasteiger partial charge on any atom is -0.481 e. The predicted octanol–water partition coefficient (Wildman–Crippen LogP) is 1.77. The van der Waals surface area contributed by atoms with Crippen LogP contribution in [-0.4, -0.2) is 51.4 Å². The third kappa shape index (κ3) is 3.88. The number of hydrogen-bond donors (Lipinski definition) is 1. The standard InChI is InChI=1S/C21H21FN4O4/c1-25-19(27)10-17(15-6-7-23-11-16(15)22)24-21(25)26-8-9-30-18(12-26)13-2-4-14(5-3-13)20(28)29/h2-4,6-7,10-11,14,18H,5,8-9,12H2,1H3,(H,28,29)/t14?,18-/m1/s1. The van der Waals surface area contributed by atoms with E-state index in [1.165, 1.54) is 22.9 Å². The van der Waals surface area contributed by atoms with Crippen molar-refractivity contribution in [2.45, 2.75) is 12.5 Å². The zero-order chi connectivity index (χ0) is 21.3. The molecule has 0 spiro atoms. The number of carboxylic acid groups (broad SMARTS) is 1. The van der Waals surface area contributed by atoms with Gasteiger partial charge in [0.05, 0.1) is 37.1 Å². The monoisotopic (exact) mass is 412 g/mol. The fraction of sp³-hybridized carbons (Fsp3) is 0.333. The topological polar surface area (TPSA) is 97.6 Å². The quantitative estimate of drug-likeness (QED) is 0.817. The number of aliphatic carboxylic acids is 1. The molecule has 1 fully saturated rings. The largest absolute Gasteiger partial charge is 0.481 e. The molecule has 1 aliphatic carbocycles. The Hall–Kier alpha value is -3.33. The Morgan fingerprint density at radius 2 is 2.23 bits per heavy atom. The first-order valence-corrected chi connectivity index (χ1v) is 9.59. The summed E-state index contributed by atoms with van der Waals surface area (Å²) in [6, 6.07) is 2.79. The number of pyridine rings is 1. The molecule has 30 heavy (non-hydrogen) atoms. The lowest BCUT2D eigenvalue weighted by Crippen LogP contribution is -2.45. The van der Waals surface area contributed by atoms with E-state index in [0.717, 1.165) is 11.8 Å². The van der Waals surface area contributed by atoms with Crippen LogP contribution in [0.2, 0.25) is 0 Å². The number of morpholine rings is 1. The molecule has 2 aromatic heterocycles. The molecule has 9 heteroatoms. The summed E-state index contributed by atoms with van der Waals surface area (Å²) in [5.74, 6) is -1.50. The summed E-state index contributed by atoms with van der Waals surface area (Å²) in [5, 5.41) is 9.13. The molecule has 0 bridgehead atoms. The summed E-state index contributed by atoms with van der Waals surface area (Å²) in [7, 11) is 1.62. The first-order valence-electron chi connectivity index (χ1n) is 9.59. The molecule has 1 aliphatic heterocycles. The zero-order valence-corrected chi connectivity index (χ0v) is 16.4. The number of hydrogen-bond acceptors (Lipinski definition) is 6. The number of allylic oxidation sites excluding steroid dienone is 1. The van der Waals surface area contributed by atoms with Gasteiger partial charge in [0.1, 0.15) is 0 Å². The molecule has 1 saturated heterocycles. The molecule has 8 nitrogen and oxygen atoms in total. The van der Waals surface area contributed by atoms with Crippen LogP contribution in [0.1, 0.15) is 6.42 Å². The summed E-state index contributed by atoms with van der Waals surface area (Å²) in [6.45, 7) is 1.38. The van der Waals surface area contributed by atoms with Crippen molar-refractivity contribution in [3.63, 3.8) is 0 Å². The van der Waals surface area contributed by atoms with E-state index < -0.39 is 17.7 Å². The first-order chi connectivity index (χ1) is 14.4. The van der Waals surface area contributed by atoms with Crippen LogP contribution in [0, 0.1) is 11.7 Å². The Balaban J connectivity index is 1.61. The van der Waals surface area contributed by atoms with Crippen molar-refractivity contribution in [1.29, 1.82) is 0 Å². The number of halogens is 1. The Morgan fingerprint density at radius 3 is 2.93 bits per heavy atom. The van der Waals surface area contributed by atoms with Crippen LogP contribution >= 0.6 is 0 Å². The lowest BCUT2D eigenvalue weighted by molar-refractivity contribution is -0.140. The smallest absolute Gasteiger partial charge is 0.310 e. The average Bonchev–Trinajstić information content (AvgIpc) is 2.76. The van der Waals surface area contributed by atoms with E-state index in [0.29, 0.717) is 32.1 Å². The van der Waals surface area contributed by atoms with Crippen LogP contribution in [0.25, 0.3) is 11.3 Å². The van der Waals surface area contributed by atoms with Gasteiger partial charge in [-0.05, 0) is 18.1 Å². The Bertz CT molecular complexity index is 1090. The van der Waals surface area contributed by atoms with Crippen LogP contribution in [0.15, 0.2) is 53.1 Å². The summed E-state index contributed by atoms with van der Waals surface area (Å²) in [6.07, 6.45) is 8.01. The van der Waals surface area contributed by atoms with Gasteiger partial charge in [0.25, 0.3) is 5.56 Å². The van der Waals surface area contributed by atoms with Crippen LogP contribution in [0.3, 0.4) is 0 Å². The molecule has 0 saturated carbocycles. The van der Waals surface area contributed by atoms with Gasteiger partial charge in [0, 0.05) is 31.4 Å². The Labute approximate surface area is 172 Å². The fourth-order valence-corrected chi connectivity index (χ4v) is 3.62. The van der Waals surface area contributed by atoms with E-state index in [-0.39, 0.29) is 22.9 Å². The maximum atomic E-state index is 14.2. The molecule has 0 radical (unpaired) electrons. The average molecular weight is 412 g/mol. The molecular formula is C21H21FN4O4. The summed E-state index contributed by atoms with van der Waals surface area (Å²) < 4.78 is 21.5. The second-order valence-electron chi connectivity index (χ2n) is 7.24. The van der Waals surface area contributed by atoms with Crippen LogP contribution in [-0.2, 0) is 16.6 Å². The van der Waals surface area contributed by atoms with Gasteiger partial charge >= 0.3 is 5.97 Å². The fourth-order valence-electron chi connectivity index (χ4n) is 3.62. The summed E-state index contributed by atoms with van der Waals surface area (Å²) >= 11 is 0. The highest BCUT2D eigenvalue weighted by Crippen LogP contribution is 2.26. The van der Waals surface area contributed by atoms with Crippen molar-refractivity contribution in [2.75, 3.05) is 24.6 Å². The third-order valence-electron chi connectivity index (χ3n) is 5.33. The SMILES string of the molecule is Cn1c(N2CCO[C@@H](C3=CCC(C(=O)O)C=C3)C2)nc(-c2ccncc2F)cc1=O. The molecule has 2 atom stereocenters. The minimum absolute atomic E-state index is 0.214. The van der Waals surface area contributed by atoms with E-state index in [1.54, 1.807) is 19.2 Å². The van der Waals surface area contributed by atoms with Gasteiger partial charge in [0.15, 0.2) is 5.82 Å². The number of rotatable bonds is 4. The van der Waals surface area contributed by atoms with E-state index in [2.05, 4.69) is 9.97 Å². The van der Waals surface area contributed by atoms with Gasteiger partial charge in [-0.25, -0.2) is 9.37 Å². The van der Waals surface area contributed by atoms with E-state index >= 15 is 0 Å². The van der Waals surface area contributed by atoms with E-state index in [1.807, 2.05) is 11.0 Å². The summed E-state index contributed by atoms with van der Waals surface area (Å²) in [5.41, 5.74) is 1.07. The molecular weight excluding hydrogens is 391 g/mol. The molecule has 0 amide bonds. The van der Waals surface area contributed by atoms with Crippen molar-refractivity contribution in [3.05, 3.63) is 64.5 Å². The number of ether oxygens (including phenoxy) is 1. The van der Waals surface area contributed by atoms with Gasteiger partial charge in [-0.1, -0.05) is 18.2 Å². The lowest BCUT2D eigenvalue weighted by Gasteiger charge is -2.35. The number of nitrogens with zero attached hydrogens (tertiary/aromatic N) is 4. The first kappa shape index (κ1) is 20.0. The second-order valence-corrected chi connectivity index (χ2v) is 7.24. The highest BCUT2D eigenvalue weighted by atomic mass is 19.1. The maximum absolute atomic E-state index is 14.2. The van der Waals surface area contributed by atoms with Gasteiger partial charge in [-0.15, -0.1) is 0 Å². The van der Waals surface area contributed by atoms with Crippen molar-refractivity contribution in [3.8, 4) is 11.3 Å². The number of anilines is 1. The van der Waals surface area contributed by atoms with Gasteiger partial charge in [0.2, 0.25) is 5.95 Å². The molecule has 3 heterocycles. The summed E-state index contributed by atoms with van der Waals surface area (Å²) in [4.78, 5) is 33.9. The third-order valence-corrected chi connectivity index (χ3v) is 5.33. The molecule has 1 N–H and O–H groups in total. The lowest BCUT2D eigenvalue weighted by atomic mass is 9.94. The molecule has 4 rings (SSSR count). The zero-order valence-electron chi connectivity index (χ0n) is 16.4.